The van der Waals surface area contributed by atoms with Crippen LogP contribution in [0.5, 0.6) is 0 Å². The van der Waals surface area contributed by atoms with E-state index in [0.717, 1.165) is 18.4 Å². The average molecular weight is 297 g/mol. The van der Waals surface area contributed by atoms with Crippen molar-refractivity contribution in [2.75, 3.05) is 19.8 Å². The van der Waals surface area contributed by atoms with Crippen LogP contribution in [0.1, 0.15) is 45.2 Å². The predicted molar refractivity (Wildman–Crippen MR) is 83.7 cm³/mol. The van der Waals surface area contributed by atoms with Crippen LogP contribution in [0.2, 0.25) is 0 Å². The molecule has 1 rings (SSSR count). The molecule has 0 spiro atoms. The van der Waals surface area contributed by atoms with Gasteiger partial charge in [-0.15, -0.1) is 0 Å². The van der Waals surface area contributed by atoms with Gasteiger partial charge >= 0.3 is 0 Å². The average Bonchev–Trinajstić information content (AvgIpc) is 2.44. The monoisotopic (exact) mass is 297 g/mol. The zero-order valence-electron chi connectivity index (χ0n) is 13.3. The van der Waals surface area contributed by atoms with Gasteiger partial charge in [-0.3, -0.25) is 0 Å². The summed E-state index contributed by atoms with van der Waals surface area (Å²) in [6.45, 7) is 7.78. The van der Waals surface area contributed by atoms with Gasteiger partial charge < -0.3 is 15.2 Å². The lowest BCUT2D eigenvalue weighted by Crippen LogP contribution is -2.32. The van der Waals surface area contributed by atoms with E-state index in [-0.39, 0.29) is 11.9 Å². The smallest absolute Gasteiger partial charge is 0.123 e. The van der Waals surface area contributed by atoms with Gasteiger partial charge in [0.1, 0.15) is 5.82 Å². The molecule has 0 bridgehead atoms. The molecule has 0 amide bonds. The number of halogens is 1. The van der Waals surface area contributed by atoms with Crippen molar-refractivity contribution in [3.63, 3.8) is 0 Å². The lowest BCUT2D eigenvalue weighted by molar-refractivity contribution is 0.0337. The summed E-state index contributed by atoms with van der Waals surface area (Å²) in [6, 6.07) is 6.49. The van der Waals surface area contributed by atoms with Crippen LogP contribution in [0.25, 0.3) is 0 Å². The van der Waals surface area contributed by atoms with E-state index in [1.165, 1.54) is 12.1 Å². The van der Waals surface area contributed by atoms with Crippen molar-refractivity contribution < 1.29 is 14.2 Å². The van der Waals surface area contributed by atoms with Crippen molar-refractivity contribution in [2.24, 2.45) is 5.92 Å². The molecule has 0 aliphatic carbocycles. The maximum atomic E-state index is 13.1. The van der Waals surface area contributed by atoms with Crippen LogP contribution in [0.3, 0.4) is 0 Å². The highest BCUT2D eigenvalue weighted by molar-refractivity contribution is 5.19. The van der Waals surface area contributed by atoms with Gasteiger partial charge in [-0.1, -0.05) is 26.0 Å². The molecular formula is C17H28FNO2. The highest BCUT2D eigenvalue weighted by Gasteiger charge is 2.09. The van der Waals surface area contributed by atoms with Gasteiger partial charge in [0.25, 0.3) is 0 Å². The van der Waals surface area contributed by atoms with Gasteiger partial charge in [0, 0.05) is 19.2 Å². The molecule has 2 atom stereocenters. The molecule has 0 heterocycles. The highest BCUT2D eigenvalue weighted by Crippen LogP contribution is 2.13. The molecule has 0 aliphatic heterocycles. The molecule has 4 heteroatoms. The van der Waals surface area contributed by atoms with Gasteiger partial charge in [-0.2, -0.15) is 0 Å². The zero-order valence-corrected chi connectivity index (χ0v) is 13.3. The molecule has 21 heavy (non-hydrogen) atoms. The molecule has 120 valence electrons. The highest BCUT2D eigenvalue weighted by atomic mass is 19.1. The number of ether oxygens (including phenoxy) is 1. The minimum absolute atomic E-state index is 0.00343. The van der Waals surface area contributed by atoms with E-state index in [2.05, 4.69) is 19.2 Å². The lowest BCUT2D eigenvalue weighted by Gasteiger charge is -2.18. The fourth-order valence-electron chi connectivity index (χ4n) is 2.08. The SMILES string of the molecule is CC(C)CCCOCC(O)CNC(C)c1cccc(F)c1. The Morgan fingerprint density at radius 1 is 1.29 bits per heavy atom. The summed E-state index contributed by atoms with van der Waals surface area (Å²) in [5, 5.41) is 13.0. The molecular weight excluding hydrogens is 269 g/mol. The molecule has 3 nitrogen and oxygen atoms in total. The van der Waals surface area contributed by atoms with Crippen molar-refractivity contribution in [1.82, 2.24) is 5.32 Å². The number of benzene rings is 1. The number of nitrogens with one attached hydrogen (secondary N) is 1. The Labute approximate surface area is 127 Å². The first-order valence-corrected chi connectivity index (χ1v) is 7.73. The van der Waals surface area contributed by atoms with Crippen molar-refractivity contribution in [3.8, 4) is 0 Å². The predicted octanol–water partition coefficient (Wildman–Crippen LogP) is 3.29. The third kappa shape index (κ3) is 8.15. The van der Waals surface area contributed by atoms with Crippen molar-refractivity contribution in [2.45, 2.75) is 45.8 Å². The molecule has 1 aromatic carbocycles. The van der Waals surface area contributed by atoms with E-state index >= 15 is 0 Å². The summed E-state index contributed by atoms with van der Waals surface area (Å²) >= 11 is 0. The third-order valence-electron chi connectivity index (χ3n) is 3.39. The molecule has 0 radical (unpaired) electrons. The first-order chi connectivity index (χ1) is 9.99. The van der Waals surface area contributed by atoms with E-state index in [0.29, 0.717) is 25.7 Å². The fourth-order valence-corrected chi connectivity index (χ4v) is 2.08. The van der Waals surface area contributed by atoms with Gasteiger partial charge in [-0.25, -0.2) is 4.39 Å². The Balaban J connectivity index is 2.16. The number of hydrogen-bond donors (Lipinski definition) is 2. The van der Waals surface area contributed by atoms with Crippen molar-refractivity contribution in [1.29, 1.82) is 0 Å². The van der Waals surface area contributed by atoms with E-state index in [9.17, 15) is 9.50 Å². The van der Waals surface area contributed by atoms with Crippen molar-refractivity contribution >= 4 is 0 Å². The Hall–Kier alpha value is -0.970. The second-order valence-electron chi connectivity index (χ2n) is 5.95. The number of rotatable bonds is 10. The topological polar surface area (TPSA) is 41.5 Å². The lowest BCUT2D eigenvalue weighted by atomic mass is 10.1. The summed E-state index contributed by atoms with van der Waals surface area (Å²) in [6.07, 6.45) is 1.63. The number of hydrogen-bond acceptors (Lipinski definition) is 3. The molecule has 0 saturated heterocycles. The summed E-state index contributed by atoms with van der Waals surface area (Å²) < 4.78 is 18.6. The summed E-state index contributed by atoms with van der Waals surface area (Å²) in [5.74, 6) is 0.447. The van der Waals surface area contributed by atoms with Crippen LogP contribution in [0, 0.1) is 11.7 Å². The normalized spacial score (nSPS) is 14.4. The van der Waals surface area contributed by atoms with Gasteiger partial charge in [0.15, 0.2) is 0 Å². The van der Waals surface area contributed by atoms with Crippen LogP contribution < -0.4 is 5.32 Å². The maximum Gasteiger partial charge on any atom is 0.123 e. The largest absolute Gasteiger partial charge is 0.389 e. The Morgan fingerprint density at radius 2 is 2.05 bits per heavy atom. The third-order valence-corrected chi connectivity index (χ3v) is 3.39. The van der Waals surface area contributed by atoms with Gasteiger partial charge in [0.2, 0.25) is 0 Å². The minimum atomic E-state index is -0.542. The second kappa shape index (κ2) is 9.87. The maximum absolute atomic E-state index is 13.1. The first-order valence-electron chi connectivity index (χ1n) is 7.73. The molecule has 1 aromatic rings. The molecule has 0 saturated carbocycles. The van der Waals surface area contributed by atoms with Gasteiger partial charge in [-0.05, 0) is 43.4 Å². The molecule has 2 unspecified atom stereocenters. The molecule has 0 aromatic heterocycles. The van der Waals surface area contributed by atoms with Crippen LogP contribution >= 0.6 is 0 Å². The van der Waals surface area contributed by atoms with E-state index in [1.54, 1.807) is 6.07 Å². The number of aliphatic hydroxyl groups excluding tert-OH is 1. The summed E-state index contributed by atoms with van der Waals surface area (Å²) in [7, 11) is 0. The Morgan fingerprint density at radius 3 is 2.71 bits per heavy atom. The van der Waals surface area contributed by atoms with Gasteiger partial charge in [0.05, 0.1) is 12.7 Å². The Kier molecular flexibility index (Phi) is 8.50. The van der Waals surface area contributed by atoms with Crippen molar-refractivity contribution in [3.05, 3.63) is 35.6 Å². The van der Waals surface area contributed by atoms with Crippen LogP contribution in [0.4, 0.5) is 4.39 Å². The minimum Gasteiger partial charge on any atom is -0.389 e. The zero-order chi connectivity index (χ0) is 15.7. The number of aliphatic hydroxyl groups is 1. The summed E-state index contributed by atoms with van der Waals surface area (Å²) in [5.41, 5.74) is 0.875. The van der Waals surface area contributed by atoms with E-state index < -0.39 is 6.10 Å². The molecule has 0 fully saturated rings. The van der Waals surface area contributed by atoms with Crippen LogP contribution in [-0.2, 0) is 4.74 Å². The Bertz CT molecular complexity index is 398. The summed E-state index contributed by atoms with van der Waals surface area (Å²) in [4.78, 5) is 0. The fraction of sp³-hybridized carbons (Fsp3) is 0.647. The standard InChI is InChI=1S/C17H28FNO2/c1-13(2)6-5-9-21-12-17(20)11-19-14(3)15-7-4-8-16(18)10-15/h4,7-8,10,13-14,17,19-20H,5-6,9,11-12H2,1-3H3. The molecule has 0 aliphatic rings. The van der Waals surface area contributed by atoms with E-state index in [1.807, 2.05) is 13.0 Å². The first kappa shape index (κ1) is 18.1. The van der Waals surface area contributed by atoms with E-state index in [4.69, 9.17) is 4.74 Å². The molecule has 2 N–H and O–H groups in total. The van der Waals surface area contributed by atoms with Crippen LogP contribution in [0.15, 0.2) is 24.3 Å². The van der Waals surface area contributed by atoms with Crippen LogP contribution in [-0.4, -0.2) is 31.0 Å². The quantitative estimate of drug-likeness (QED) is 0.651. The second-order valence-corrected chi connectivity index (χ2v) is 5.95.